The van der Waals surface area contributed by atoms with Crippen LogP contribution < -0.4 is 25.2 Å². The van der Waals surface area contributed by atoms with E-state index in [-0.39, 0.29) is 12.5 Å². The Kier molecular flexibility index (Phi) is 6.28. The average molecular weight is 550 g/mol. The van der Waals surface area contributed by atoms with Crippen molar-refractivity contribution in [3.05, 3.63) is 87.5 Å². The van der Waals surface area contributed by atoms with Gasteiger partial charge in [0, 0.05) is 33.5 Å². The highest BCUT2D eigenvalue weighted by Crippen LogP contribution is 2.56. The molecule has 186 valence electrons. The van der Waals surface area contributed by atoms with Gasteiger partial charge in [-0.1, -0.05) is 34.1 Å². The van der Waals surface area contributed by atoms with Gasteiger partial charge in [-0.05, 0) is 68.8 Å². The number of para-hydroxylation sites is 1. The van der Waals surface area contributed by atoms with Gasteiger partial charge >= 0.3 is 0 Å². The van der Waals surface area contributed by atoms with Crippen molar-refractivity contribution in [2.24, 2.45) is 0 Å². The van der Waals surface area contributed by atoms with Crippen LogP contribution in [0.15, 0.2) is 71.2 Å². The van der Waals surface area contributed by atoms with Crippen LogP contribution in [0.3, 0.4) is 0 Å². The molecule has 0 fully saturated rings. The van der Waals surface area contributed by atoms with Crippen molar-refractivity contribution < 1.29 is 19.7 Å². The van der Waals surface area contributed by atoms with Gasteiger partial charge in [-0.15, -0.1) is 0 Å². The number of hydrogen-bond acceptors (Lipinski definition) is 5. The van der Waals surface area contributed by atoms with E-state index in [4.69, 9.17) is 9.47 Å². The molecule has 0 saturated heterocycles. The maximum Gasteiger partial charge on any atom is 0.244 e. The molecule has 7 nitrogen and oxygen atoms in total. The molecule has 0 aliphatic carbocycles. The molecule has 0 saturated carbocycles. The van der Waals surface area contributed by atoms with E-state index in [0.717, 1.165) is 32.5 Å². The van der Waals surface area contributed by atoms with Crippen LogP contribution >= 0.6 is 15.9 Å². The Labute approximate surface area is 218 Å². The van der Waals surface area contributed by atoms with Crippen molar-refractivity contribution in [1.29, 1.82) is 0 Å². The monoisotopic (exact) mass is 549 g/mol. The third-order valence-electron chi connectivity index (χ3n) is 6.88. The highest BCUT2D eigenvalue weighted by Gasteiger charge is 2.59. The van der Waals surface area contributed by atoms with Gasteiger partial charge < -0.3 is 30.4 Å². The molecule has 0 radical (unpaired) electrons. The fourth-order valence-electron chi connectivity index (χ4n) is 5.11. The molecule has 0 aromatic heterocycles. The molecular weight excluding hydrogens is 522 g/mol. The van der Waals surface area contributed by atoms with Gasteiger partial charge in [0.2, 0.25) is 11.6 Å². The third kappa shape index (κ3) is 3.95. The van der Waals surface area contributed by atoms with Crippen LogP contribution in [0.2, 0.25) is 0 Å². The highest BCUT2D eigenvalue weighted by atomic mass is 79.9. The van der Waals surface area contributed by atoms with Crippen LogP contribution in [0.25, 0.3) is 6.08 Å². The first-order valence-corrected chi connectivity index (χ1v) is 12.6. The summed E-state index contributed by atoms with van der Waals surface area (Å²) in [6, 6.07) is 19.0. The van der Waals surface area contributed by atoms with Crippen LogP contribution in [-0.4, -0.2) is 24.8 Å². The lowest BCUT2D eigenvalue weighted by atomic mass is 9.76. The van der Waals surface area contributed by atoms with E-state index < -0.39 is 11.1 Å². The normalized spacial score (nSPS) is 19.0. The molecule has 1 atom stereocenters. The number of benzene rings is 3. The molecule has 2 heterocycles. The molecule has 3 aromatic rings. The largest absolute Gasteiger partial charge is 0.630 e. The average Bonchev–Trinajstić information content (AvgIpc) is 3.04. The van der Waals surface area contributed by atoms with Crippen LogP contribution in [0, 0.1) is 5.21 Å². The first-order valence-electron chi connectivity index (χ1n) is 11.9. The number of anilines is 2. The molecule has 8 heteroatoms. The number of halogens is 1. The number of fused-ring (bicyclic) bond motifs is 2. The molecule has 1 spiro atoms. The molecule has 3 N–H and O–H groups in total. The number of amides is 1. The van der Waals surface area contributed by atoms with Crippen molar-refractivity contribution in [2.75, 3.05) is 23.4 Å². The van der Waals surface area contributed by atoms with Crippen LogP contribution in [0.4, 0.5) is 17.1 Å². The quantitative estimate of drug-likeness (QED) is 0.330. The number of hydrogen-bond donors (Lipinski definition) is 2. The minimum absolute atomic E-state index is 0.0760. The number of nitrogens with two attached hydrogens (primary N) is 1. The van der Waals surface area contributed by atoms with Gasteiger partial charge in [0.1, 0.15) is 12.2 Å². The van der Waals surface area contributed by atoms with Gasteiger partial charge in [-0.25, -0.2) is 0 Å². The maximum atomic E-state index is 13.3. The van der Waals surface area contributed by atoms with Crippen LogP contribution in [0.5, 0.6) is 11.5 Å². The van der Waals surface area contributed by atoms with E-state index in [2.05, 4.69) is 41.2 Å². The summed E-state index contributed by atoms with van der Waals surface area (Å²) in [7, 11) is 0. The fourth-order valence-corrected chi connectivity index (χ4v) is 5.37. The van der Waals surface area contributed by atoms with Gasteiger partial charge in [-0.3, -0.25) is 4.79 Å². The minimum Gasteiger partial charge on any atom is -0.630 e. The third-order valence-corrected chi connectivity index (χ3v) is 7.41. The predicted octanol–water partition coefficient (Wildman–Crippen LogP) is 5.08. The summed E-state index contributed by atoms with van der Waals surface area (Å²) in [5, 5.41) is 14.5. The summed E-state index contributed by atoms with van der Waals surface area (Å²) in [5.74, 6) is 0.907. The lowest BCUT2D eigenvalue weighted by Gasteiger charge is -2.47. The second kappa shape index (κ2) is 9.28. The molecule has 5 rings (SSSR count). The van der Waals surface area contributed by atoms with Crippen molar-refractivity contribution in [3.63, 3.8) is 0 Å². The predicted molar refractivity (Wildman–Crippen MR) is 145 cm³/mol. The summed E-state index contributed by atoms with van der Waals surface area (Å²) in [6.45, 7) is 6.63. The summed E-state index contributed by atoms with van der Waals surface area (Å²) in [4.78, 5) is 15.3. The van der Waals surface area contributed by atoms with E-state index in [1.54, 1.807) is 12.1 Å². The van der Waals surface area contributed by atoms with Crippen LogP contribution in [-0.2, 0) is 10.2 Å². The number of quaternary nitrogens is 1. The van der Waals surface area contributed by atoms with E-state index in [1.165, 1.54) is 0 Å². The van der Waals surface area contributed by atoms with Gasteiger partial charge in [0.25, 0.3) is 0 Å². The molecular formula is C28H28BrN3O4. The summed E-state index contributed by atoms with van der Waals surface area (Å²) in [5.41, 5.74) is 3.31. The van der Waals surface area contributed by atoms with Crippen molar-refractivity contribution in [1.82, 2.24) is 0 Å². The Balaban J connectivity index is 1.57. The van der Waals surface area contributed by atoms with Gasteiger partial charge in [0.05, 0.1) is 12.0 Å². The zero-order valence-electron chi connectivity index (χ0n) is 20.4. The molecule has 0 bridgehead atoms. The number of ether oxygens (including phenoxy) is 2. The minimum atomic E-state index is -0.991. The second-order valence-corrected chi connectivity index (χ2v) is 10.3. The Hall–Kier alpha value is -3.33. The summed E-state index contributed by atoms with van der Waals surface area (Å²) < 4.78 is 13.7. The lowest BCUT2D eigenvalue weighted by Crippen LogP contribution is -2.70. The van der Waals surface area contributed by atoms with Gasteiger partial charge in [0.15, 0.2) is 11.5 Å². The number of nitrogens with one attached hydrogen (secondary N) is 1. The van der Waals surface area contributed by atoms with Gasteiger partial charge in [-0.2, -0.15) is 0 Å². The summed E-state index contributed by atoms with van der Waals surface area (Å²) in [6.07, 6.45) is 3.95. The first-order chi connectivity index (χ1) is 17.3. The smallest absolute Gasteiger partial charge is 0.244 e. The zero-order chi connectivity index (χ0) is 25.5. The first kappa shape index (κ1) is 24.4. The number of nitrogens with zero attached hydrogens (tertiary/aromatic N) is 1. The Morgan fingerprint density at radius 3 is 2.64 bits per heavy atom. The zero-order valence-corrected chi connectivity index (χ0v) is 22.0. The van der Waals surface area contributed by atoms with E-state index in [0.29, 0.717) is 23.8 Å². The van der Waals surface area contributed by atoms with Crippen LogP contribution in [0.1, 0.15) is 31.9 Å². The van der Waals surface area contributed by atoms with E-state index >= 15 is 0 Å². The standard InChI is InChI=1S/C28H28BrN3O4/c1-4-35-24-16-21(31-34)15-18-13-14-28(36-26(18)24)27(2,3)22-7-5-6-8-23(22)32(28)17-25(33)30-20-11-9-19(29)10-12-20/h5-16H,4,17,31H2,1-3H3,(H,30,33). The lowest BCUT2D eigenvalue weighted by molar-refractivity contribution is -0.497. The molecule has 1 unspecified atom stereocenters. The second-order valence-electron chi connectivity index (χ2n) is 9.40. The number of carbonyl (C=O) groups excluding carboxylic acids is 1. The Morgan fingerprint density at radius 1 is 1.17 bits per heavy atom. The Bertz CT molecular complexity index is 1340. The molecule has 2 aliphatic heterocycles. The van der Waals surface area contributed by atoms with Crippen molar-refractivity contribution in [3.8, 4) is 11.5 Å². The maximum absolute atomic E-state index is 13.3. The fraction of sp³-hybridized carbons (Fsp3) is 0.250. The summed E-state index contributed by atoms with van der Waals surface area (Å²) >= 11 is 3.43. The molecule has 2 aliphatic rings. The van der Waals surface area contributed by atoms with E-state index in [1.807, 2.05) is 66.4 Å². The molecule has 1 amide bonds. The molecule has 3 aromatic carbocycles. The highest BCUT2D eigenvalue weighted by molar-refractivity contribution is 9.10. The SMILES string of the molecule is CCOc1cc([NH2+][O-])cc2c1OC1(C=C2)N(CC(=O)Nc2ccc(Br)cc2)c2ccccc2C1(C)C. The van der Waals surface area contributed by atoms with E-state index in [9.17, 15) is 10.0 Å². The van der Waals surface area contributed by atoms with Crippen molar-refractivity contribution >= 4 is 45.0 Å². The topological polar surface area (TPSA) is 90.5 Å². The Morgan fingerprint density at radius 2 is 1.92 bits per heavy atom. The molecule has 36 heavy (non-hydrogen) atoms. The van der Waals surface area contributed by atoms with Crippen molar-refractivity contribution in [2.45, 2.75) is 31.9 Å². The number of rotatable bonds is 6. The number of carbonyl (C=O) groups is 1.